The molecule has 0 spiro atoms. The summed E-state index contributed by atoms with van der Waals surface area (Å²) in [6, 6.07) is 0. The van der Waals surface area contributed by atoms with Gasteiger partial charge in [0.15, 0.2) is 0 Å². The lowest BCUT2D eigenvalue weighted by atomic mass is 10.4. The summed E-state index contributed by atoms with van der Waals surface area (Å²) in [7, 11) is 1.96. The first kappa shape index (κ1) is 7.41. The van der Waals surface area contributed by atoms with Gasteiger partial charge >= 0.3 is 0 Å². The lowest BCUT2D eigenvalue weighted by Gasteiger charge is -2.10. The number of ether oxygens (including phenoxy) is 1. The topological polar surface area (TPSA) is 32.7 Å². The van der Waals surface area contributed by atoms with E-state index in [0.29, 0.717) is 24.7 Å². The first-order valence-electron chi connectivity index (χ1n) is 3.40. The van der Waals surface area contributed by atoms with E-state index in [4.69, 9.17) is 4.74 Å². The Hall–Kier alpha value is -0.700. The van der Waals surface area contributed by atoms with E-state index in [1.54, 1.807) is 6.92 Å². The minimum absolute atomic E-state index is 0.347. The fraction of sp³-hybridized carbons (Fsp3) is 0.714. The van der Waals surface area contributed by atoms with E-state index in [9.17, 15) is 5.11 Å². The van der Waals surface area contributed by atoms with Gasteiger partial charge in [-0.15, -0.1) is 0 Å². The van der Waals surface area contributed by atoms with Crippen molar-refractivity contribution in [3.63, 3.8) is 0 Å². The van der Waals surface area contributed by atoms with E-state index in [0.717, 1.165) is 6.54 Å². The maximum Gasteiger partial charge on any atom is 0.143 e. The molecule has 0 saturated carbocycles. The first-order valence-corrected chi connectivity index (χ1v) is 3.40. The van der Waals surface area contributed by atoms with Gasteiger partial charge in [-0.05, 0) is 14.0 Å². The van der Waals surface area contributed by atoms with Crippen LogP contribution in [0.25, 0.3) is 0 Å². The minimum Gasteiger partial charge on any atom is -0.507 e. The second-order valence-corrected chi connectivity index (χ2v) is 2.59. The smallest absolute Gasteiger partial charge is 0.143 e. The third kappa shape index (κ3) is 1.64. The molecule has 10 heavy (non-hydrogen) atoms. The Labute approximate surface area is 60.9 Å². The summed E-state index contributed by atoms with van der Waals surface area (Å²) in [5, 5.41) is 9.24. The molecule has 1 aliphatic heterocycles. The number of aliphatic hydroxyl groups is 1. The molecule has 0 saturated heterocycles. The summed E-state index contributed by atoms with van der Waals surface area (Å²) < 4.78 is 5.17. The predicted octanol–water partition coefficient (Wildman–Crippen LogP) is 0.738. The van der Waals surface area contributed by atoms with Crippen LogP contribution in [0.3, 0.4) is 0 Å². The average Bonchev–Trinajstić information content (AvgIpc) is 1.96. The number of likely N-dealkylation sites (N-methyl/N-ethyl adjacent to an activating group) is 1. The summed E-state index contributed by atoms with van der Waals surface area (Å²) in [6.45, 7) is 3.94. The SMILES string of the molecule is CC1=C(O)CN(C)CCO1. The Kier molecular flexibility index (Phi) is 2.17. The third-order valence-corrected chi connectivity index (χ3v) is 1.62. The Morgan fingerprint density at radius 1 is 1.60 bits per heavy atom. The van der Waals surface area contributed by atoms with Gasteiger partial charge in [0.2, 0.25) is 0 Å². The Balaban J connectivity index is 2.61. The fourth-order valence-corrected chi connectivity index (χ4v) is 0.884. The van der Waals surface area contributed by atoms with E-state index in [-0.39, 0.29) is 0 Å². The number of rotatable bonds is 0. The van der Waals surface area contributed by atoms with Gasteiger partial charge in [-0.25, -0.2) is 0 Å². The molecular weight excluding hydrogens is 130 g/mol. The average molecular weight is 143 g/mol. The van der Waals surface area contributed by atoms with E-state index >= 15 is 0 Å². The molecule has 0 atom stereocenters. The summed E-state index contributed by atoms with van der Waals surface area (Å²) in [5.74, 6) is 1.00. The molecule has 3 nitrogen and oxygen atoms in total. The molecule has 0 amide bonds. The number of allylic oxidation sites excluding steroid dienone is 1. The van der Waals surface area contributed by atoms with Gasteiger partial charge in [-0.1, -0.05) is 0 Å². The quantitative estimate of drug-likeness (QED) is 0.543. The molecule has 0 unspecified atom stereocenters. The molecule has 0 aromatic rings. The molecule has 0 bridgehead atoms. The lowest BCUT2D eigenvalue weighted by molar-refractivity contribution is 0.193. The van der Waals surface area contributed by atoms with Crippen molar-refractivity contribution in [2.24, 2.45) is 0 Å². The number of aliphatic hydroxyl groups excluding tert-OH is 1. The van der Waals surface area contributed by atoms with Crippen molar-refractivity contribution in [3.05, 3.63) is 11.5 Å². The van der Waals surface area contributed by atoms with Crippen molar-refractivity contribution in [1.82, 2.24) is 4.90 Å². The van der Waals surface area contributed by atoms with E-state index in [1.807, 2.05) is 11.9 Å². The van der Waals surface area contributed by atoms with Crippen molar-refractivity contribution in [2.75, 3.05) is 26.7 Å². The van der Waals surface area contributed by atoms with Gasteiger partial charge in [-0.3, -0.25) is 4.90 Å². The molecule has 0 radical (unpaired) electrons. The fourth-order valence-electron chi connectivity index (χ4n) is 0.884. The lowest BCUT2D eigenvalue weighted by Crippen LogP contribution is -2.22. The van der Waals surface area contributed by atoms with Crippen molar-refractivity contribution in [3.8, 4) is 0 Å². The van der Waals surface area contributed by atoms with Crippen LogP contribution in [0.1, 0.15) is 6.92 Å². The molecule has 1 heterocycles. The van der Waals surface area contributed by atoms with E-state index in [1.165, 1.54) is 0 Å². The van der Waals surface area contributed by atoms with Crippen LogP contribution in [0.2, 0.25) is 0 Å². The standard InChI is InChI=1S/C7H13NO2/c1-6-7(9)5-8(2)3-4-10-6/h9H,3-5H2,1-2H3. The van der Waals surface area contributed by atoms with Crippen LogP contribution >= 0.6 is 0 Å². The van der Waals surface area contributed by atoms with Gasteiger partial charge in [0.05, 0.1) is 6.54 Å². The summed E-state index contributed by atoms with van der Waals surface area (Å²) in [6.07, 6.45) is 0. The zero-order valence-corrected chi connectivity index (χ0v) is 6.42. The van der Waals surface area contributed by atoms with Crippen LogP contribution in [0.4, 0.5) is 0 Å². The highest BCUT2D eigenvalue weighted by Gasteiger charge is 2.10. The number of nitrogens with zero attached hydrogens (tertiary/aromatic N) is 1. The molecule has 0 fully saturated rings. The molecule has 3 heteroatoms. The normalized spacial score (nSPS) is 22.2. The highest BCUT2D eigenvalue weighted by Crippen LogP contribution is 2.07. The molecule has 0 aliphatic carbocycles. The summed E-state index contributed by atoms with van der Waals surface area (Å²) >= 11 is 0. The maximum absolute atomic E-state index is 9.24. The summed E-state index contributed by atoms with van der Waals surface area (Å²) in [5.41, 5.74) is 0. The molecule has 58 valence electrons. The Morgan fingerprint density at radius 3 is 3.00 bits per heavy atom. The van der Waals surface area contributed by atoms with Gasteiger partial charge in [0.25, 0.3) is 0 Å². The van der Waals surface area contributed by atoms with Crippen LogP contribution in [-0.2, 0) is 4.74 Å². The molecule has 1 N–H and O–H groups in total. The largest absolute Gasteiger partial charge is 0.507 e. The number of hydrogen-bond donors (Lipinski definition) is 1. The van der Waals surface area contributed by atoms with Crippen LogP contribution in [-0.4, -0.2) is 36.8 Å². The minimum atomic E-state index is 0.347. The molecule has 0 aromatic carbocycles. The van der Waals surface area contributed by atoms with Crippen molar-refractivity contribution in [2.45, 2.75) is 6.92 Å². The molecular formula is C7H13NO2. The van der Waals surface area contributed by atoms with E-state index in [2.05, 4.69) is 0 Å². The summed E-state index contributed by atoms with van der Waals surface area (Å²) in [4.78, 5) is 2.02. The van der Waals surface area contributed by atoms with Crippen LogP contribution in [0, 0.1) is 0 Å². The zero-order valence-electron chi connectivity index (χ0n) is 6.42. The maximum atomic E-state index is 9.24. The molecule has 1 rings (SSSR count). The highest BCUT2D eigenvalue weighted by molar-refractivity contribution is 5.00. The third-order valence-electron chi connectivity index (χ3n) is 1.62. The predicted molar refractivity (Wildman–Crippen MR) is 38.8 cm³/mol. The van der Waals surface area contributed by atoms with Gasteiger partial charge in [-0.2, -0.15) is 0 Å². The Bertz CT molecular complexity index is 154. The molecule has 0 aromatic heterocycles. The monoisotopic (exact) mass is 143 g/mol. The van der Waals surface area contributed by atoms with Gasteiger partial charge in [0.1, 0.15) is 18.1 Å². The van der Waals surface area contributed by atoms with Crippen molar-refractivity contribution < 1.29 is 9.84 Å². The van der Waals surface area contributed by atoms with Crippen LogP contribution < -0.4 is 0 Å². The number of hydrogen-bond acceptors (Lipinski definition) is 3. The van der Waals surface area contributed by atoms with Gasteiger partial charge in [0, 0.05) is 6.54 Å². The zero-order chi connectivity index (χ0) is 7.56. The molecule has 1 aliphatic rings. The van der Waals surface area contributed by atoms with Crippen molar-refractivity contribution >= 4 is 0 Å². The van der Waals surface area contributed by atoms with Crippen LogP contribution in [0.15, 0.2) is 11.5 Å². The Morgan fingerprint density at radius 2 is 2.30 bits per heavy atom. The van der Waals surface area contributed by atoms with Crippen molar-refractivity contribution in [1.29, 1.82) is 0 Å². The second-order valence-electron chi connectivity index (χ2n) is 2.59. The van der Waals surface area contributed by atoms with E-state index < -0.39 is 0 Å². The first-order chi connectivity index (χ1) is 4.70. The van der Waals surface area contributed by atoms with Crippen LogP contribution in [0.5, 0.6) is 0 Å². The highest BCUT2D eigenvalue weighted by atomic mass is 16.5. The van der Waals surface area contributed by atoms with Gasteiger partial charge < -0.3 is 9.84 Å². The second kappa shape index (κ2) is 2.92.